The van der Waals surface area contributed by atoms with Gasteiger partial charge in [0, 0.05) is 22.7 Å². The van der Waals surface area contributed by atoms with Crippen LogP contribution in [0, 0.1) is 6.57 Å². The maximum atomic E-state index is 8.42. The van der Waals surface area contributed by atoms with Crippen molar-refractivity contribution in [2.24, 2.45) is 0 Å². The summed E-state index contributed by atoms with van der Waals surface area (Å²) in [7, 11) is 0. The second-order valence-electron chi connectivity index (χ2n) is 14.2. The SMILES string of the molecule is [C-]#[N+]c1cc(-n2c3ccccc3c3cccnc32)ccc1-c1ccc2c(-c3ccc4ccccc4c3)c3ccccc3c(-c3ccc4ccccc4c3)c2c1. The summed E-state index contributed by atoms with van der Waals surface area (Å²) < 4.78 is 2.17. The van der Waals surface area contributed by atoms with E-state index in [2.05, 4.69) is 179 Å². The van der Waals surface area contributed by atoms with Crippen LogP contribution in [0.2, 0.25) is 0 Å². The Morgan fingerprint density at radius 3 is 1.67 bits per heavy atom. The lowest BCUT2D eigenvalue weighted by Gasteiger charge is -2.19. The fraction of sp³-hybridized carbons (Fsp3) is 0. The number of rotatable bonds is 4. The summed E-state index contributed by atoms with van der Waals surface area (Å²) in [6.45, 7) is 8.42. The van der Waals surface area contributed by atoms with Gasteiger partial charge in [-0.05, 0) is 125 Å². The lowest BCUT2D eigenvalue weighted by molar-refractivity contribution is 1.14. The highest BCUT2D eigenvalue weighted by atomic mass is 15.0. The van der Waals surface area contributed by atoms with Gasteiger partial charge in [-0.15, -0.1) is 0 Å². The van der Waals surface area contributed by atoms with Crippen LogP contribution in [0.4, 0.5) is 5.69 Å². The molecule has 254 valence electrons. The highest BCUT2D eigenvalue weighted by Gasteiger charge is 2.20. The molecule has 11 rings (SSSR count). The third-order valence-electron chi connectivity index (χ3n) is 11.2. The Bertz CT molecular complexity index is 3350. The Balaban J connectivity index is 1.18. The van der Waals surface area contributed by atoms with Gasteiger partial charge in [-0.2, -0.15) is 0 Å². The van der Waals surface area contributed by atoms with Crippen LogP contribution in [0.5, 0.6) is 0 Å². The molecule has 0 aliphatic heterocycles. The van der Waals surface area contributed by atoms with Gasteiger partial charge >= 0.3 is 0 Å². The zero-order chi connectivity index (χ0) is 36.5. The Kier molecular flexibility index (Phi) is 6.92. The van der Waals surface area contributed by atoms with E-state index in [0.717, 1.165) is 44.1 Å². The summed E-state index contributed by atoms with van der Waals surface area (Å²) in [5.74, 6) is 0. The molecule has 0 bridgehead atoms. The van der Waals surface area contributed by atoms with Crippen molar-refractivity contribution in [3.63, 3.8) is 0 Å². The van der Waals surface area contributed by atoms with Gasteiger partial charge in [-0.1, -0.05) is 133 Å². The van der Waals surface area contributed by atoms with Crippen molar-refractivity contribution in [3.8, 4) is 39.1 Å². The maximum Gasteiger partial charge on any atom is 0.196 e. The molecule has 0 radical (unpaired) electrons. The largest absolute Gasteiger partial charge is 0.295 e. The molecule has 2 heterocycles. The van der Waals surface area contributed by atoms with E-state index in [9.17, 15) is 0 Å². The Morgan fingerprint density at radius 1 is 0.418 bits per heavy atom. The minimum atomic E-state index is 0.599. The molecule has 0 saturated carbocycles. The van der Waals surface area contributed by atoms with Gasteiger partial charge in [0.15, 0.2) is 5.69 Å². The molecule has 11 aromatic rings. The zero-order valence-corrected chi connectivity index (χ0v) is 29.7. The first-order chi connectivity index (χ1) is 27.2. The van der Waals surface area contributed by atoms with Crippen molar-refractivity contribution in [3.05, 3.63) is 200 Å². The number of benzene rings is 9. The molecule has 2 aromatic heterocycles. The monoisotopic (exact) mass is 697 g/mol. The van der Waals surface area contributed by atoms with E-state index in [1.54, 1.807) is 0 Å². The van der Waals surface area contributed by atoms with Crippen LogP contribution in [0.3, 0.4) is 0 Å². The van der Waals surface area contributed by atoms with Crippen molar-refractivity contribution in [2.45, 2.75) is 0 Å². The van der Waals surface area contributed by atoms with Crippen LogP contribution in [0.25, 0.3) is 109 Å². The molecular weight excluding hydrogens is 667 g/mol. The molecule has 3 nitrogen and oxygen atoms in total. The molecule has 9 aromatic carbocycles. The average Bonchev–Trinajstić information content (AvgIpc) is 3.59. The maximum absolute atomic E-state index is 8.42. The first-order valence-corrected chi connectivity index (χ1v) is 18.6. The van der Waals surface area contributed by atoms with E-state index in [1.807, 2.05) is 18.3 Å². The number of para-hydroxylation sites is 1. The average molecular weight is 698 g/mol. The molecule has 3 heteroatoms. The van der Waals surface area contributed by atoms with E-state index < -0.39 is 0 Å². The molecule has 0 aliphatic rings. The van der Waals surface area contributed by atoms with Gasteiger partial charge in [0.2, 0.25) is 0 Å². The molecule has 0 saturated heterocycles. The molecule has 0 unspecified atom stereocenters. The van der Waals surface area contributed by atoms with Crippen LogP contribution in [0.1, 0.15) is 0 Å². The minimum absolute atomic E-state index is 0.599. The summed E-state index contributed by atoms with van der Waals surface area (Å²) in [6.07, 6.45) is 1.83. The Hall–Kier alpha value is -7.54. The van der Waals surface area contributed by atoms with Gasteiger partial charge < -0.3 is 0 Å². The predicted molar refractivity (Wildman–Crippen MR) is 231 cm³/mol. The van der Waals surface area contributed by atoms with Crippen LogP contribution in [0.15, 0.2) is 188 Å². The quantitative estimate of drug-likeness (QED) is 0.133. The fourth-order valence-corrected chi connectivity index (χ4v) is 8.71. The molecule has 0 fully saturated rings. The third kappa shape index (κ3) is 4.86. The standard InChI is InChI=1S/C52H31N3/c1-53-48-32-40(55-49-19-9-8-15-42(49)46-18-10-28-54-52(46)55)25-27-41(48)37-24-26-45-47(31-37)51(39-23-21-34-12-3-5-14-36(34)30-39)44-17-7-6-16-43(44)50(45)38-22-20-33-11-2-4-13-35(33)29-38/h2-32H. The second-order valence-corrected chi connectivity index (χ2v) is 14.2. The lowest BCUT2D eigenvalue weighted by atomic mass is 9.84. The number of nitrogens with zero attached hydrogens (tertiary/aromatic N) is 3. The number of fused-ring (bicyclic) bond motifs is 7. The summed E-state index contributed by atoms with van der Waals surface area (Å²) in [5.41, 5.74) is 10.1. The van der Waals surface area contributed by atoms with Crippen LogP contribution >= 0.6 is 0 Å². The van der Waals surface area contributed by atoms with E-state index in [0.29, 0.717) is 5.69 Å². The number of hydrogen-bond donors (Lipinski definition) is 0. The molecular formula is C52H31N3. The predicted octanol–water partition coefficient (Wildman–Crippen LogP) is 14.3. The summed E-state index contributed by atoms with van der Waals surface area (Å²) in [6, 6.07) is 65.0. The molecule has 0 amide bonds. The molecule has 0 atom stereocenters. The Morgan fingerprint density at radius 2 is 0.982 bits per heavy atom. The van der Waals surface area contributed by atoms with Crippen molar-refractivity contribution < 1.29 is 0 Å². The minimum Gasteiger partial charge on any atom is -0.295 e. The van der Waals surface area contributed by atoms with E-state index in [1.165, 1.54) is 60.0 Å². The third-order valence-corrected chi connectivity index (χ3v) is 11.2. The highest BCUT2D eigenvalue weighted by Crippen LogP contribution is 2.46. The molecule has 55 heavy (non-hydrogen) atoms. The van der Waals surface area contributed by atoms with Gasteiger partial charge in [-0.25, -0.2) is 9.83 Å². The molecule has 0 spiro atoms. The number of aromatic nitrogens is 2. The second kappa shape index (κ2) is 12.3. The number of pyridine rings is 1. The van der Waals surface area contributed by atoms with Crippen molar-refractivity contribution in [2.75, 3.05) is 0 Å². The summed E-state index contributed by atoms with van der Waals surface area (Å²) in [5, 5.41) is 11.8. The molecule has 0 aliphatic carbocycles. The van der Waals surface area contributed by atoms with Gasteiger partial charge in [-0.3, -0.25) is 4.57 Å². The number of hydrogen-bond acceptors (Lipinski definition) is 1. The van der Waals surface area contributed by atoms with E-state index in [-0.39, 0.29) is 0 Å². The van der Waals surface area contributed by atoms with E-state index in [4.69, 9.17) is 11.6 Å². The Labute approximate surface area is 317 Å². The van der Waals surface area contributed by atoms with Gasteiger partial charge in [0.05, 0.1) is 12.1 Å². The lowest BCUT2D eigenvalue weighted by Crippen LogP contribution is -1.95. The van der Waals surface area contributed by atoms with Crippen molar-refractivity contribution in [1.82, 2.24) is 9.55 Å². The highest BCUT2D eigenvalue weighted by molar-refractivity contribution is 6.22. The summed E-state index contributed by atoms with van der Waals surface area (Å²) >= 11 is 0. The normalized spacial score (nSPS) is 11.6. The van der Waals surface area contributed by atoms with Gasteiger partial charge in [0.1, 0.15) is 5.65 Å². The van der Waals surface area contributed by atoms with Crippen molar-refractivity contribution in [1.29, 1.82) is 0 Å². The van der Waals surface area contributed by atoms with Crippen molar-refractivity contribution >= 4 is 70.7 Å². The zero-order valence-electron chi connectivity index (χ0n) is 29.7. The van der Waals surface area contributed by atoms with E-state index >= 15 is 0 Å². The first kappa shape index (κ1) is 31.0. The summed E-state index contributed by atoms with van der Waals surface area (Å²) in [4.78, 5) is 8.92. The van der Waals surface area contributed by atoms with Gasteiger partial charge in [0.25, 0.3) is 0 Å². The topological polar surface area (TPSA) is 22.2 Å². The smallest absolute Gasteiger partial charge is 0.196 e. The van der Waals surface area contributed by atoms with Crippen LogP contribution in [-0.4, -0.2) is 9.55 Å². The van der Waals surface area contributed by atoms with Crippen LogP contribution in [-0.2, 0) is 0 Å². The fourth-order valence-electron chi connectivity index (χ4n) is 8.71. The first-order valence-electron chi connectivity index (χ1n) is 18.6. The van der Waals surface area contributed by atoms with Crippen LogP contribution < -0.4 is 0 Å². The molecule has 0 N–H and O–H groups in total.